The van der Waals surface area contributed by atoms with Crippen molar-refractivity contribution in [3.8, 4) is 0 Å². The zero-order valence-electron chi connectivity index (χ0n) is 5.15. The van der Waals surface area contributed by atoms with Gasteiger partial charge in [-0.05, 0) is 6.92 Å². The smallest absolute Gasteiger partial charge is 0.163 e. The number of alkyl halides is 1. The van der Waals surface area contributed by atoms with Gasteiger partial charge in [-0.15, -0.1) is 11.6 Å². The highest BCUT2D eigenvalue weighted by Gasteiger charge is 2.16. The van der Waals surface area contributed by atoms with Crippen LogP contribution in [0.1, 0.15) is 13.3 Å². The molecule has 0 fully saturated rings. The van der Waals surface area contributed by atoms with Crippen molar-refractivity contribution in [2.24, 2.45) is 0 Å². The van der Waals surface area contributed by atoms with E-state index in [-0.39, 0.29) is 0 Å². The van der Waals surface area contributed by atoms with Gasteiger partial charge in [-0.3, -0.25) is 0 Å². The monoisotopic (exact) mass is 138 g/mol. The Balaban J connectivity index is 3.37. The van der Waals surface area contributed by atoms with E-state index in [0.717, 1.165) is 0 Å². The van der Waals surface area contributed by atoms with E-state index in [1.807, 2.05) is 0 Å². The van der Waals surface area contributed by atoms with Crippen LogP contribution in [0.2, 0.25) is 0 Å². The molecule has 0 aromatic heterocycles. The zero-order valence-corrected chi connectivity index (χ0v) is 5.90. The first-order chi connectivity index (χ1) is 3.62. The van der Waals surface area contributed by atoms with Crippen molar-refractivity contribution < 1.29 is 9.84 Å². The molecule has 0 aliphatic rings. The van der Waals surface area contributed by atoms with E-state index in [2.05, 4.69) is 4.74 Å². The van der Waals surface area contributed by atoms with Gasteiger partial charge < -0.3 is 9.84 Å². The highest BCUT2D eigenvalue weighted by atomic mass is 35.5. The predicted molar refractivity (Wildman–Crippen MR) is 33.0 cm³/mol. The number of aliphatic hydroxyl groups is 1. The zero-order chi connectivity index (χ0) is 6.62. The van der Waals surface area contributed by atoms with Gasteiger partial charge in [0.15, 0.2) is 5.79 Å². The number of rotatable bonds is 3. The molecule has 50 valence electrons. The Morgan fingerprint density at radius 3 is 2.38 bits per heavy atom. The highest BCUT2D eigenvalue weighted by Crippen LogP contribution is 2.09. The van der Waals surface area contributed by atoms with Crippen molar-refractivity contribution in [1.82, 2.24) is 0 Å². The first-order valence-corrected chi connectivity index (χ1v) is 2.99. The number of hydrogen-bond donors (Lipinski definition) is 1. The summed E-state index contributed by atoms with van der Waals surface area (Å²) in [6.07, 6.45) is 0.463. The number of hydrogen-bond acceptors (Lipinski definition) is 2. The Kier molecular flexibility index (Phi) is 3.36. The molecule has 2 nitrogen and oxygen atoms in total. The second-order valence-electron chi connectivity index (χ2n) is 1.82. The summed E-state index contributed by atoms with van der Waals surface area (Å²) in [7, 11) is 1.45. The van der Waals surface area contributed by atoms with Crippen molar-refractivity contribution >= 4 is 11.6 Å². The standard InChI is InChI=1S/C5H11ClO2/c1-5(7,8-2)3-4-6/h7H,3-4H2,1-2H3. The molecule has 0 aromatic rings. The van der Waals surface area contributed by atoms with Gasteiger partial charge in [0.25, 0.3) is 0 Å². The van der Waals surface area contributed by atoms with Gasteiger partial charge in [0.2, 0.25) is 0 Å². The van der Waals surface area contributed by atoms with Gasteiger partial charge in [0, 0.05) is 19.4 Å². The Bertz CT molecular complexity index is 63.4. The van der Waals surface area contributed by atoms with Gasteiger partial charge in [0.1, 0.15) is 0 Å². The summed E-state index contributed by atoms with van der Waals surface area (Å²) < 4.78 is 4.65. The van der Waals surface area contributed by atoms with Crippen LogP contribution in [0.3, 0.4) is 0 Å². The van der Waals surface area contributed by atoms with Crippen molar-refractivity contribution in [3.63, 3.8) is 0 Å². The number of methoxy groups -OCH3 is 1. The molecule has 3 heteroatoms. The highest BCUT2D eigenvalue weighted by molar-refractivity contribution is 6.17. The van der Waals surface area contributed by atoms with E-state index in [0.29, 0.717) is 12.3 Å². The molecule has 0 rings (SSSR count). The summed E-state index contributed by atoms with van der Waals surface area (Å²) in [6, 6.07) is 0. The molecule has 1 atom stereocenters. The maximum absolute atomic E-state index is 9.02. The molecule has 1 unspecified atom stereocenters. The molecule has 0 saturated carbocycles. The summed E-state index contributed by atoms with van der Waals surface area (Å²) in [5.74, 6) is -0.622. The molecule has 0 radical (unpaired) electrons. The first kappa shape index (κ1) is 8.21. The number of ether oxygens (including phenoxy) is 1. The molecule has 0 aliphatic carbocycles. The average molecular weight is 139 g/mol. The van der Waals surface area contributed by atoms with E-state index in [1.165, 1.54) is 7.11 Å². The maximum Gasteiger partial charge on any atom is 0.163 e. The van der Waals surface area contributed by atoms with Crippen LogP contribution in [0, 0.1) is 0 Å². The fraction of sp³-hybridized carbons (Fsp3) is 1.00. The van der Waals surface area contributed by atoms with Crippen LogP contribution in [-0.4, -0.2) is 23.9 Å². The van der Waals surface area contributed by atoms with Crippen LogP contribution >= 0.6 is 11.6 Å². The molecule has 0 aliphatic heterocycles. The van der Waals surface area contributed by atoms with Gasteiger partial charge in [-0.2, -0.15) is 0 Å². The molecule has 8 heavy (non-hydrogen) atoms. The van der Waals surface area contributed by atoms with Gasteiger partial charge in [0.05, 0.1) is 0 Å². The first-order valence-electron chi connectivity index (χ1n) is 2.46. The normalized spacial score (nSPS) is 18.0. The van der Waals surface area contributed by atoms with Gasteiger partial charge in [-0.25, -0.2) is 0 Å². The van der Waals surface area contributed by atoms with Crippen molar-refractivity contribution in [3.05, 3.63) is 0 Å². The molecule has 0 bridgehead atoms. The van der Waals surface area contributed by atoms with Crippen LogP contribution in [0.4, 0.5) is 0 Å². The molecule has 0 aromatic carbocycles. The number of halogens is 1. The van der Waals surface area contributed by atoms with Gasteiger partial charge in [-0.1, -0.05) is 0 Å². The van der Waals surface area contributed by atoms with E-state index in [4.69, 9.17) is 16.7 Å². The van der Waals surface area contributed by atoms with E-state index in [9.17, 15) is 0 Å². The minimum Gasteiger partial charge on any atom is -0.366 e. The van der Waals surface area contributed by atoms with Crippen molar-refractivity contribution in [2.75, 3.05) is 13.0 Å². The SMILES string of the molecule is COC(C)(O)CCCl. The second-order valence-corrected chi connectivity index (χ2v) is 2.20. The second kappa shape index (κ2) is 3.28. The molecule has 0 saturated heterocycles. The van der Waals surface area contributed by atoms with E-state index >= 15 is 0 Å². The topological polar surface area (TPSA) is 29.5 Å². The maximum atomic E-state index is 9.02. The third-order valence-electron chi connectivity index (χ3n) is 0.998. The lowest BCUT2D eigenvalue weighted by Gasteiger charge is -2.18. The van der Waals surface area contributed by atoms with E-state index in [1.54, 1.807) is 6.92 Å². The predicted octanol–water partition coefficient (Wildman–Crippen LogP) is 0.970. The molecule has 0 amide bonds. The quantitative estimate of drug-likeness (QED) is 0.465. The third kappa shape index (κ3) is 3.24. The minimum atomic E-state index is -1.04. The molecule has 0 spiro atoms. The van der Waals surface area contributed by atoms with Crippen LogP contribution in [-0.2, 0) is 4.74 Å². The Morgan fingerprint density at radius 2 is 2.25 bits per heavy atom. The molecular formula is C5H11ClO2. The average Bonchev–Trinajstić information content (AvgIpc) is 1.67. The summed E-state index contributed by atoms with van der Waals surface area (Å²) in [6.45, 7) is 1.58. The summed E-state index contributed by atoms with van der Waals surface area (Å²) in [5.41, 5.74) is 0. The van der Waals surface area contributed by atoms with Crippen LogP contribution < -0.4 is 0 Å². The lowest BCUT2D eigenvalue weighted by atomic mass is 10.2. The van der Waals surface area contributed by atoms with Crippen molar-refractivity contribution in [1.29, 1.82) is 0 Å². The van der Waals surface area contributed by atoms with Crippen LogP contribution in [0.15, 0.2) is 0 Å². The van der Waals surface area contributed by atoms with Crippen LogP contribution in [0.5, 0.6) is 0 Å². The largest absolute Gasteiger partial charge is 0.366 e. The third-order valence-corrected chi connectivity index (χ3v) is 1.19. The molecule has 0 heterocycles. The lowest BCUT2D eigenvalue weighted by molar-refractivity contribution is -0.171. The summed E-state index contributed by atoms with van der Waals surface area (Å²) in [5, 5.41) is 9.02. The molecule has 1 N–H and O–H groups in total. The summed E-state index contributed by atoms with van der Waals surface area (Å²) >= 11 is 5.32. The van der Waals surface area contributed by atoms with Crippen LogP contribution in [0.25, 0.3) is 0 Å². The fourth-order valence-electron chi connectivity index (χ4n) is 0.277. The fourth-order valence-corrected chi connectivity index (χ4v) is 0.628. The Labute approximate surface area is 54.4 Å². The van der Waals surface area contributed by atoms with Gasteiger partial charge >= 0.3 is 0 Å². The summed E-state index contributed by atoms with van der Waals surface area (Å²) in [4.78, 5) is 0. The lowest BCUT2D eigenvalue weighted by Crippen LogP contribution is -2.26. The van der Waals surface area contributed by atoms with E-state index < -0.39 is 5.79 Å². The Morgan fingerprint density at radius 1 is 1.75 bits per heavy atom. The minimum absolute atomic E-state index is 0.418. The molecular weight excluding hydrogens is 128 g/mol. The Hall–Kier alpha value is 0.210. The van der Waals surface area contributed by atoms with Crippen molar-refractivity contribution in [2.45, 2.75) is 19.1 Å².